The molecule has 0 amide bonds. The first kappa shape index (κ1) is 8.57. The zero-order valence-corrected chi connectivity index (χ0v) is 6.67. The average molecular weight is 182 g/mol. The minimum Gasteiger partial charge on any atom is -0.507 e. The molecule has 4 heteroatoms. The summed E-state index contributed by atoms with van der Waals surface area (Å²) in [4.78, 5) is 10.6. The van der Waals surface area contributed by atoms with E-state index in [0.717, 1.165) is 6.07 Å². The summed E-state index contributed by atoms with van der Waals surface area (Å²) in [7, 11) is 0. The monoisotopic (exact) mass is 181 g/mol. The number of phenolic OH excluding ortho intramolecular Hbond substituents is 1. The lowest BCUT2D eigenvalue weighted by atomic mass is 10.1. The maximum absolute atomic E-state index is 10.6. The Balaban J connectivity index is 3.21. The van der Waals surface area contributed by atoms with Gasteiger partial charge in [-0.3, -0.25) is 4.79 Å². The van der Waals surface area contributed by atoms with Crippen molar-refractivity contribution in [2.75, 3.05) is 0 Å². The van der Waals surface area contributed by atoms with Crippen LogP contribution in [0.15, 0.2) is 18.2 Å². The number of aromatic hydroxyl groups is 1. The predicted molar refractivity (Wildman–Crippen MR) is 43.0 cm³/mol. The van der Waals surface area contributed by atoms with E-state index in [4.69, 9.17) is 22.0 Å². The van der Waals surface area contributed by atoms with Crippen molar-refractivity contribution in [1.82, 2.24) is 0 Å². The fourth-order valence-electron chi connectivity index (χ4n) is 0.748. The van der Waals surface area contributed by atoms with E-state index in [1.807, 2.05) is 0 Å². The van der Waals surface area contributed by atoms with Crippen molar-refractivity contribution in [2.45, 2.75) is 0 Å². The van der Waals surface area contributed by atoms with E-state index >= 15 is 0 Å². The van der Waals surface area contributed by atoms with Gasteiger partial charge >= 0.3 is 0 Å². The summed E-state index contributed by atoms with van der Waals surface area (Å²) in [6, 6.07) is 5.64. The summed E-state index contributed by atoms with van der Waals surface area (Å²) in [5.74, 6) is -0.232. The molecule has 0 spiro atoms. The second kappa shape index (κ2) is 3.24. The molecule has 0 saturated heterocycles. The second-order valence-corrected chi connectivity index (χ2v) is 2.46. The Bertz CT molecular complexity index is 368. The molecule has 1 aromatic rings. The number of hydrogen-bond acceptors (Lipinski definition) is 3. The van der Waals surface area contributed by atoms with Gasteiger partial charge in [0, 0.05) is 5.56 Å². The number of nitriles is 1. The van der Waals surface area contributed by atoms with Crippen molar-refractivity contribution >= 4 is 16.8 Å². The molecule has 0 aromatic heterocycles. The van der Waals surface area contributed by atoms with Crippen molar-refractivity contribution in [1.29, 1.82) is 5.26 Å². The molecule has 12 heavy (non-hydrogen) atoms. The normalized spacial score (nSPS) is 9.00. The third-order valence-corrected chi connectivity index (χ3v) is 1.56. The molecule has 0 saturated carbocycles. The number of rotatable bonds is 1. The van der Waals surface area contributed by atoms with Gasteiger partial charge in [-0.05, 0) is 29.8 Å². The van der Waals surface area contributed by atoms with Crippen LogP contribution in [-0.4, -0.2) is 10.3 Å². The molecule has 1 N–H and O–H groups in total. The maximum Gasteiger partial charge on any atom is 0.252 e. The molecular formula is C8H4ClNO2. The molecule has 0 radical (unpaired) electrons. The van der Waals surface area contributed by atoms with Gasteiger partial charge in [-0.25, -0.2) is 0 Å². The molecule has 0 aliphatic carbocycles. The highest BCUT2D eigenvalue weighted by atomic mass is 35.5. The Labute approximate surface area is 73.8 Å². The van der Waals surface area contributed by atoms with Crippen molar-refractivity contribution in [3.8, 4) is 11.8 Å². The van der Waals surface area contributed by atoms with Crippen molar-refractivity contribution in [3.63, 3.8) is 0 Å². The number of hydrogen-bond donors (Lipinski definition) is 1. The van der Waals surface area contributed by atoms with Crippen molar-refractivity contribution in [3.05, 3.63) is 29.3 Å². The van der Waals surface area contributed by atoms with E-state index < -0.39 is 5.24 Å². The van der Waals surface area contributed by atoms with Crippen LogP contribution in [0.1, 0.15) is 15.9 Å². The third kappa shape index (κ3) is 1.55. The summed E-state index contributed by atoms with van der Waals surface area (Å²) in [6.45, 7) is 0. The van der Waals surface area contributed by atoms with E-state index in [1.165, 1.54) is 12.1 Å². The van der Waals surface area contributed by atoms with E-state index in [1.54, 1.807) is 6.07 Å². The summed E-state index contributed by atoms with van der Waals surface area (Å²) < 4.78 is 0. The summed E-state index contributed by atoms with van der Waals surface area (Å²) in [5.41, 5.74) is 0.296. The third-order valence-electron chi connectivity index (χ3n) is 1.35. The van der Waals surface area contributed by atoms with Crippen LogP contribution in [0, 0.1) is 11.3 Å². The highest BCUT2D eigenvalue weighted by Crippen LogP contribution is 2.18. The number of carbonyl (C=O) groups excluding carboxylic acids is 1. The molecule has 0 heterocycles. The van der Waals surface area contributed by atoms with Gasteiger partial charge in [0.1, 0.15) is 11.8 Å². The van der Waals surface area contributed by atoms with E-state index in [0.29, 0.717) is 0 Å². The molecule has 60 valence electrons. The molecule has 0 aliphatic rings. The molecule has 0 aliphatic heterocycles. The van der Waals surface area contributed by atoms with Gasteiger partial charge in [0.25, 0.3) is 5.24 Å². The second-order valence-electron chi connectivity index (χ2n) is 2.12. The largest absolute Gasteiger partial charge is 0.507 e. The number of nitrogens with zero attached hydrogens (tertiary/aromatic N) is 1. The zero-order valence-electron chi connectivity index (χ0n) is 5.91. The lowest BCUT2D eigenvalue weighted by Gasteiger charge is -1.96. The van der Waals surface area contributed by atoms with Crippen LogP contribution in [0.25, 0.3) is 0 Å². The molecule has 1 rings (SSSR count). The zero-order chi connectivity index (χ0) is 9.14. The summed E-state index contributed by atoms with van der Waals surface area (Å²) in [5, 5.41) is 16.9. The van der Waals surface area contributed by atoms with Crippen LogP contribution in [0.2, 0.25) is 0 Å². The number of carbonyl (C=O) groups is 1. The Kier molecular flexibility index (Phi) is 2.32. The topological polar surface area (TPSA) is 61.1 Å². The van der Waals surface area contributed by atoms with Crippen LogP contribution in [0.5, 0.6) is 5.75 Å². The van der Waals surface area contributed by atoms with Crippen LogP contribution in [-0.2, 0) is 0 Å². The highest BCUT2D eigenvalue weighted by molar-refractivity contribution is 6.67. The Morgan fingerprint density at radius 2 is 2.25 bits per heavy atom. The van der Waals surface area contributed by atoms with Gasteiger partial charge in [-0.15, -0.1) is 0 Å². The number of halogens is 1. The first-order chi connectivity index (χ1) is 5.65. The van der Waals surface area contributed by atoms with Crippen molar-refractivity contribution < 1.29 is 9.90 Å². The van der Waals surface area contributed by atoms with Crippen molar-refractivity contribution in [2.24, 2.45) is 0 Å². The Morgan fingerprint density at radius 1 is 1.58 bits per heavy atom. The van der Waals surface area contributed by atoms with E-state index in [-0.39, 0.29) is 16.9 Å². The minimum atomic E-state index is -0.658. The molecule has 3 nitrogen and oxygen atoms in total. The number of phenols is 1. The lowest BCUT2D eigenvalue weighted by Crippen LogP contribution is -1.88. The first-order valence-electron chi connectivity index (χ1n) is 3.08. The Hall–Kier alpha value is -1.53. The van der Waals surface area contributed by atoms with Gasteiger partial charge in [-0.1, -0.05) is 0 Å². The van der Waals surface area contributed by atoms with Gasteiger partial charge in [0.15, 0.2) is 0 Å². The quantitative estimate of drug-likeness (QED) is 0.670. The fourth-order valence-corrected chi connectivity index (χ4v) is 0.866. The Morgan fingerprint density at radius 3 is 2.67 bits per heavy atom. The first-order valence-corrected chi connectivity index (χ1v) is 3.46. The van der Waals surface area contributed by atoms with Gasteiger partial charge in [0.2, 0.25) is 0 Å². The molecule has 0 atom stereocenters. The fraction of sp³-hybridized carbons (Fsp3) is 0. The summed E-state index contributed by atoms with van der Waals surface area (Å²) in [6.07, 6.45) is 0. The predicted octanol–water partition coefficient (Wildman–Crippen LogP) is 1.64. The van der Waals surface area contributed by atoms with Gasteiger partial charge < -0.3 is 5.11 Å². The highest BCUT2D eigenvalue weighted by Gasteiger charge is 2.05. The molecule has 1 aromatic carbocycles. The van der Waals surface area contributed by atoms with Crippen LogP contribution in [0.3, 0.4) is 0 Å². The SMILES string of the molecule is N#Cc1ccc(C(=O)Cl)cc1O. The van der Waals surface area contributed by atoms with Crippen LogP contribution < -0.4 is 0 Å². The molecule has 0 bridgehead atoms. The standard InChI is InChI=1S/C8H4ClNO2/c9-8(12)5-1-2-6(4-10)7(11)3-5/h1-3,11H. The number of benzene rings is 1. The summed E-state index contributed by atoms with van der Waals surface area (Å²) >= 11 is 5.14. The van der Waals surface area contributed by atoms with E-state index in [9.17, 15) is 4.79 Å². The van der Waals surface area contributed by atoms with Gasteiger partial charge in [0.05, 0.1) is 5.56 Å². The molecule has 0 fully saturated rings. The van der Waals surface area contributed by atoms with E-state index in [2.05, 4.69) is 0 Å². The molecule has 0 unspecified atom stereocenters. The molecular weight excluding hydrogens is 178 g/mol. The smallest absolute Gasteiger partial charge is 0.252 e. The lowest BCUT2D eigenvalue weighted by molar-refractivity contribution is 0.108. The maximum atomic E-state index is 10.6. The minimum absolute atomic E-state index is 0.122. The van der Waals surface area contributed by atoms with Crippen LogP contribution >= 0.6 is 11.6 Å². The average Bonchev–Trinajstić information content (AvgIpc) is 2.04. The van der Waals surface area contributed by atoms with Crippen LogP contribution in [0.4, 0.5) is 0 Å². The van der Waals surface area contributed by atoms with Gasteiger partial charge in [-0.2, -0.15) is 5.26 Å².